The number of imidazole rings is 1. The summed E-state index contributed by atoms with van der Waals surface area (Å²) in [4.78, 5) is 21.7. The number of nitrogens with zero attached hydrogens (tertiary/aromatic N) is 3. The average molecular weight is 426 g/mol. The van der Waals surface area contributed by atoms with E-state index in [2.05, 4.69) is 16.0 Å². The summed E-state index contributed by atoms with van der Waals surface area (Å²) in [6.45, 7) is 2.14. The SMILES string of the molecule is Cc1nc(-c2cccnc2)n(Cc2cccc3ccsc23)c1C(=O)CS(C)(=O)=O. The minimum Gasteiger partial charge on any atom is -0.317 e. The van der Waals surface area contributed by atoms with Crippen LogP contribution in [-0.4, -0.2) is 40.7 Å². The maximum Gasteiger partial charge on any atom is 0.196 e. The molecule has 3 heterocycles. The Bertz CT molecular complexity index is 1310. The molecular formula is C21H19N3O3S2. The normalized spacial score (nSPS) is 11.8. The first-order chi connectivity index (χ1) is 13.8. The van der Waals surface area contributed by atoms with Crippen LogP contribution in [0.3, 0.4) is 0 Å². The van der Waals surface area contributed by atoms with Crippen LogP contribution in [0.4, 0.5) is 0 Å². The van der Waals surface area contributed by atoms with Gasteiger partial charge >= 0.3 is 0 Å². The molecule has 0 atom stereocenters. The molecule has 0 aliphatic heterocycles. The number of aromatic nitrogens is 3. The van der Waals surface area contributed by atoms with Crippen molar-refractivity contribution in [1.29, 1.82) is 0 Å². The van der Waals surface area contributed by atoms with Crippen LogP contribution in [0.15, 0.2) is 54.2 Å². The van der Waals surface area contributed by atoms with Gasteiger partial charge in [-0.25, -0.2) is 13.4 Å². The quantitative estimate of drug-likeness (QED) is 0.440. The molecule has 0 aliphatic carbocycles. The molecule has 0 saturated carbocycles. The number of benzene rings is 1. The Kier molecular flexibility index (Phi) is 5.06. The number of pyridine rings is 1. The van der Waals surface area contributed by atoms with E-state index in [-0.39, 0.29) is 0 Å². The van der Waals surface area contributed by atoms with Gasteiger partial charge in [0, 0.05) is 28.9 Å². The van der Waals surface area contributed by atoms with Crippen molar-refractivity contribution in [2.75, 3.05) is 12.0 Å². The van der Waals surface area contributed by atoms with E-state index in [4.69, 9.17) is 0 Å². The molecular weight excluding hydrogens is 406 g/mol. The number of aryl methyl sites for hydroxylation is 1. The second-order valence-electron chi connectivity index (χ2n) is 6.95. The number of rotatable bonds is 6. The second kappa shape index (κ2) is 7.53. The zero-order chi connectivity index (χ0) is 20.6. The van der Waals surface area contributed by atoms with Gasteiger partial charge in [-0.3, -0.25) is 9.78 Å². The van der Waals surface area contributed by atoms with Crippen molar-refractivity contribution in [3.63, 3.8) is 0 Å². The molecule has 148 valence electrons. The monoisotopic (exact) mass is 425 g/mol. The molecule has 0 saturated heterocycles. The molecule has 0 unspecified atom stereocenters. The zero-order valence-electron chi connectivity index (χ0n) is 16.0. The van der Waals surface area contributed by atoms with Gasteiger partial charge in [0.1, 0.15) is 17.3 Å². The molecule has 0 amide bonds. The molecule has 0 spiro atoms. The highest BCUT2D eigenvalue weighted by molar-refractivity contribution is 7.91. The van der Waals surface area contributed by atoms with Crippen molar-refractivity contribution < 1.29 is 13.2 Å². The summed E-state index contributed by atoms with van der Waals surface area (Å²) in [5, 5.41) is 3.17. The summed E-state index contributed by atoms with van der Waals surface area (Å²) in [6.07, 6.45) is 4.43. The summed E-state index contributed by atoms with van der Waals surface area (Å²) in [7, 11) is -3.46. The number of hydrogen-bond donors (Lipinski definition) is 0. The number of thiophene rings is 1. The predicted octanol–water partition coefficient (Wildman–Crippen LogP) is 3.74. The Morgan fingerprint density at radius 2 is 2.00 bits per heavy atom. The molecule has 3 aromatic heterocycles. The van der Waals surface area contributed by atoms with Gasteiger partial charge in [0.05, 0.1) is 12.2 Å². The van der Waals surface area contributed by atoms with Crippen LogP contribution in [-0.2, 0) is 16.4 Å². The molecule has 0 fully saturated rings. The number of ketones is 1. The first-order valence-corrected chi connectivity index (χ1v) is 11.9. The standard InChI is InChI=1S/C21H19N3O3S2/c1-14-19(18(25)13-29(2,26)27)24(21(23-14)16-7-4-9-22-11-16)12-17-6-3-5-15-8-10-28-20(15)17/h3-11H,12-13H2,1-2H3. The van der Waals surface area contributed by atoms with E-state index < -0.39 is 21.4 Å². The molecule has 8 heteroatoms. The summed E-state index contributed by atoms with van der Waals surface area (Å²) in [6, 6.07) is 11.8. The van der Waals surface area contributed by atoms with E-state index in [9.17, 15) is 13.2 Å². The number of Topliss-reactive ketones (excluding diaryl/α,β-unsaturated/α-hetero) is 1. The van der Waals surface area contributed by atoms with Gasteiger partial charge in [-0.05, 0) is 41.5 Å². The van der Waals surface area contributed by atoms with Gasteiger partial charge in [0.15, 0.2) is 15.6 Å². The van der Waals surface area contributed by atoms with Crippen LogP contribution in [0, 0.1) is 6.92 Å². The van der Waals surface area contributed by atoms with Crippen molar-refractivity contribution in [3.8, 4) is 11.4 Å². The van der Waals surface area contributed by atoms with Gasteiger partial charge in [0.25, 0.3) is 0 Å². The molecule has 4 aromatic rings. The third-order valence-electron chi connectivity index (χ3n) is 4.61. The largest absolute Gasteiger partial charge is 0.317 e. The average Bonchev–Trinajstić information content (AvgIpc) is 3.26. The summed E-state index contributed by atoms with van der Waals surface area (Å²) in [5.41, 5.74) is 2.65. The minimum atomic E-state index is -3.46. The van der Waals surface area contributed by atoms with E-state index in [0.29, 0.717) is 23.8 Å². The molecule has 6 nitrogen and oxygen atoms in total. The molecule has 4 rings (SSSR count). The van der Waals surface area contributed by atoms with Crippen molar-refractivity contribution >= 4 is 37.0 Å². The van der Waals surface area contributed by atoms with E-state index >= 15 is 0 Å². The van der Waals surface area contributed by atoms with Crippen LogP contribution < -0.4 is 0 Å². The number of hydrogen-bond acceptors (Lipinski definition) is 6. The van der Waals surface area contributed by atoms with E-state index in [1.807, 2.05) is 40.3 Å². The summed E-state index contributed by atoms with van der Waals surface area (Å²) < 4.78 is 26.5. The van der Waals surface area contributed by atoms with E-state index in [1.165, 1.54) is 0 Å². The third-order valence-corrected chi connectivity index (χ3v) is 6.40. The van der Waals surface area contributed by atoms with Gasteiger partial charge in [-0.15, -0.1) is 11.3 Å². The smallest absolute Gasteiger partial charge is 0.196 e. The Morgan fingerprint density at radius 1 is 1.17 bits per heavy atom. The highest BCUT2D eigenvalue weighted by Gasteiger charge is 2.24. The zero-order valence-corrected chi connectivity index (χ0v) is 17.6. The highest BCUT2D eigenvalue weighted by Crippen LogP contribution is 2.29. The first kappa shape index (κ1) is 19.5. The topological polar surface area (TPSA) is 81.9 Å². The number of carbonyl (C=O) groups excluding carboxylic acids is 1. The number of carbonyl (C=O) groups is 1. The third kappa shape index (κ3) is 3.99. The van der Waals surface area contributed by atoms with Crippen LogP contribution in [0.1, 0.15) is 21.7 Å². The minimum absolute atomic E-state index is 0.322. The number of fused-ring (bicyclic) bond motifs is 1. The molecule has 0 N–H and O–H groups in total. The number of sulfone groups is 1. The molecule has 0 bridgehead atoms. The predicted molar refractivity (Wildman–Crippen MR) is 115 cm³/mol. The van der Waals surface area contributed by atoms with Crippen molar-refractivity contribution in [2.24, 2.45) is 0 Å². The Labute approximate surface area is 172 Å². The Hall–Kier alpha value is -2.84. The fraction of sp³-hybridized carbons (Fsp3) is 0.190. The van der Waals surface area contributed by atoms with Gasteiger partial charge in [-0.2, -0.15) is 0 Å². The molecule has 0 aliphatic rings. The lowest BCUT2D eigenvalue weighted by Crippen LogP contribution is -2.20. The summed E-state index contributed by atoms with van der Waals surface area (Å²) in [5.74, 6) is -0.401. The Balaban J connectivity index is 1.89. The maximum atomic E-state index is 12.9. The van der Waals surface area contributed by atoms with Gasteiger partial charge in [-0.1, -0.05) is 18.2 Å². The van der Waals surface area contributed by atoms with Crippen molar-refractivity contribution in [1.82, 2.24) is 14.5 Å². The summed E-state index contributed by atoms with van der Waals surface area (Å²) >= 11 is 1.64. The molecule has 29 heavy (non-hydrogen) atoms. The van der Waals surface area contributed by atoms with Crippen LogP contribution in [0.5, 0.6) is 0 Å². The van der Waals surface area contributed by atoms with Crippen LogP contribution in [0.25, 0.3) is 21.5 Å². The second-order valence-corrected chi connectivity index (χ2v) is 10.0. The van der Waals surface area contributed by atoms with Gasteiger partial charge < -0.3 is 4.57 Å². The van der Waals surface area contributed by atoms with Crippen LogP contribution >= 0.6 is 11.3 Å². The lowest BCUT2D eigenvalue weighted by atomic mass is 10.1. The molecule has 0 radical (unpaired) electrons. The fourth-order valence-corrected chi connectivity index (χ4v) is 4.97. The highest BCUT2D eigenvalue weighted by atomic mass is 32.2. The van der Waals surface area contributed by atoms with E-state index in [1.54, 1.807) is 30.7 Å². The lowest BCUT2D eigenvalue weighted by molar-refractivity contribution is 0.101. The van der Waals surface area contributed by atoms with E-state index in [0.717, 1.165) is 27.5 Å². The fourth-order valence-electron chi connectivity index (χ4n) is 3.45. The first-order valence-electron chi connectivity index (χ1n) is 8.97. The van der Waals surface area contributed by atoms with Crippen LogP contribution in [0.2, 0.25) is 0 Å². The Morgan fingerprint density at radius 3 is 2.72 bits per heavy atom. The lowest BCUT2D eigenvalue weighted by Gasteiger charge is -2.13. The van der Waals surface area contributed by atoms with Crippen molar-refractivity contribution in [2.45, 2.75) is 13.5 Å². The maximum absolute atomic E-state index is 12.9. The molecule has 1 aromatic carbocycles. The van der Waals surface area contributed by atoms with Gasteiger partial charge in [0.2, 0.25) is 0 Å². The van der Waals surface area contributed by atoms with Crippen molar-refractivity contribution in [3.05, 3.63) is 71.1 Å².